The van der Waals surface area contributed by atoms with Gasteiger partial charge in [0.2, 0.25) is 0 Å². The molecule has 0 aliphatic carbocycles. The number of ether oxygens (including phenoxy) is 1. The van der Waals surface area contributed by atoms with Gasteiger partial charge in [-0.25, -0.2) is 4.39 Å². The number of aromatic nitrogens is 1. The first-order chi connectivity index (χ1) is 14.7. The number of alkyl halides is 3. The van der Waals surface area contributed by atoms with Crippen molar-refractivity contribution < 1.29 is 27.1 Å². The lowest BCUT2D eigenvalue weighted by Crippen LogP contribution is -2.36. The van der Waals surface area contributed by atoms with Crippen LogP contribution in [0.3, 0.4) is 0 Å². The lowest BCUT2D eigenvalue weighted by molar-refractivity contribution is -0.137. The number of nitrogens with one attached hydrogen (secondary N) is 1. The fraction of sp³-hybridized carbons (Fsp3) is 0.273. The number of nitrogens with zero attached hydrogens (tertiary/aromatic N) is 2. The molecule has 1 saturated heterocycles. The molecule has 1 aliphatic heterocycles. The van der Waals surface area contributed by atoms with Gasteiger partial charge in [0.25, 0.3) is 5.91 Å². The lowest BCUT2D eigenvalue weighted by atomic mass is 10.1. The Labute approximate surface area is 175 Å². The zero-order chi connectivity index (χ0) is 22.2. The topological polar surface area (TPSA) is 54.5 Å². The number of carbonyl (C=O) groups is 1. The van der Waals surface area contributed by atoms with Crippen molar-refractivity contribution in [1.82, 2.24) is 4.98 Å². The quantitative estimate of drug-likeness (QED) is 0.604. The number of halogens is 4. The van der Waals surface area contributed by atoms with Crippen LogP contribution in [0.25, 0.3) is 10.9 Å². The maximum atomic E-state index is 13.8. The Kier molecular flexibility index (Phi) is 5.53. The van der Waals surface area contributed by atoms with Crippen molar-refractivity contribution in [3.63, 3.8) is 0 Å². The molecule has 1 aliphatic rings. The van der Waals surface area contributed by atoms with Gasteiger partial charge >= 0.3 is 6.18 Å². The monoisotopic (exact) mass is 433 g/mol. The molecule has 0 radical (unpaired) electrons. The smallest absolute Gasteiger partial charge is 0.378 e. The van der Waals surface area contributed by atoms with E-state index < -0.39 is 23.5 Å². The summed E-state index contributed by atoms with van der Waals surface area (Å²) in [5.74, 6) is -1.18. The van der Waals surface area contributed by atoms with Crippen LogP contribution in [-0.2, 0) is 10.9 Å². The highest BCUT2D eigenvalue weighted by molar-refractivity contribution is 6.13. The van der Waals surface area contributed by atoms with Gasteiger partial charge in [0.1, 0.15) is 5.82 Å². The second kappa shape index (κ2) is 8.14. The number of carbonyl (C=O) groups excluding carboxylic acids is 1. The zero-order valence-electron chi connectivity index (χ0n) is 16.6. The molecular weight excluding hydrogens is 414 g/mol. The summed E-state index contributed by atoms with van der Waals surface area (Å²) in [6.45, 7) is 3.51. The molecule has 9 heteroatoms. The van der Waals surface area contributed by atoms with Crippen LogP contribution in [0, 0.1) is 12.7 Å². The average Bonchev–Trinajstić information content (AvgIpc) is 2.73. The molecule has 0 bridgehead atoms. The fourth-order valence-electron chi connectivity index (χ4n) is 3.60. The summed E-state index contributed by atoms with van der Waals surface area (Å²) in [4.78, 5) is 19.2. The van der Waals surface area contributed by atoms with Gasteiger partial charge < -0.3 is 15.0 Å². The number of rotatable bonds is 3. The fourth-order valence-corrected chi connectivity index (χ4v) is 3.60. The Hall–Kier alpha value is -3.20. The molecule has 1 N–H and O–H groups in total. The Morgan fingerprint density at radius 3 is 2.55 bits per heavy atom. The highest BCUT2D eigenvalue weighted by Gasteiger charge is 2.32. The van der Waals surface area contributed by atoms with Crippen LogP contribution in [0.1, 0.15) is 21.6 Å². The van der Waals surface area contributed by atoms with Crippen LogP contribution >= 0.6 is 0 Å². The Morgan fingerprint density at radius 1 is 1.10 bits per heavy atom. The van der Waals surface area contributed by atoms with Crippen LogP contribution in [0.5, 0.6) is 0 Å². The molecule has 1 fully saturated rings. The summed E-state index contributed by atoms with van der Waals surface area (Å²) in [7, 11) is 0. The highest BCUT2D eigenvalue weighted by Crippen LogP contribution is 2.36. The van der Waals surface area contributed by atoms with Crippen LogP contribution in [-0.4, -0.2) is 37.2 Å². The number of fused-ring (bicyclic) bond motifs is 1. The molecular formula is C22H19F4N3O2. The van der Waals surface area contributed by atoms with Crippen LogP contribution < -0.4 is 10.2 Å². The number of benzene rings is 2. The molecule has 4 rings (SSSR count). The van der Waals surface area contributed by atoms with Gasteiger partial charge in [-0.05, 0) is 49.4 Å². The summed E-state index contributed by atoms with van der Waals surface area (Å²) >= 11 is 0. The minimum Gasteiger partial charge on any atom is -0.378 e. The number of amides is 1. The van der Waals surface area contributed by atoms with Crippen molar-refractivity contribution in [3.05, 3.63) is 65.1 Å². The van der Waals surface area contributed by atoms with Gasteiger partial charge in [-0.15, -0.1) is 0 Å². The van der Waals surface area contributed by atoms with E-state index in [9.17, 15) is 22.4 Å². The number of morpholine rings is 1. The summed E-state index contributed by atoms with van der Waals surface area (Å²) in [5, 5.41) is 2.88. The maximum Gasteiger partial charge on any atom is 0.416 e. The third kappa shape index (κ3) is 4.46. The van der Waals surface area contributed by atoms with Crippen molar-refractivity contribution in [2.24, 2.45) is 0 Å². The molecule has 2 aromatic carbocycles. The van der Waals surface area contributed by atoms with Gasteiger partial charge in [-0.3, -0.25) is 9.78 Å². The summed E-state index contributed by atoms with van der Waals surface area (Å²) in [6.07, 6.45) is -4.56. The molecule has 2 heterocycles. The zero-order valence-corrected chi connectivity index (χ0v) is 16.6. The largest absolute Gasteiger partial charge is 0.416 e. The molecule has 0 atom stereocenters. The summed E-state index contributed by atoms with van der Waals surface area (Å²) in [6, 6.07) is 8.61. The number of anilines is 2. The molecule has 0 spiro atoms. The summed E-state index contributed by atoms with van der Waals surface area (Å²) < 4.78 is 59.0. The predicted molar refractivity (Wildman–Crippen MR) is 109 cm³/mol. The lowest BCUT2D eigenvalue weighted by Gasteiger charge is -2.31. The van der Waals surface area contributed by atoms with Crippen molar-refractivity contribution in [2.45, 2.75) is 13.1 Å². The van der Waals surface area contributed by atoms with E-state index in [1.54, 1.807) is 6.92 Å². The first-order valence-electron chi connectivity index (χ1n) is 9.64. The summed E-state index contributed by atoms with van der Waals surface area (Å²) in [5.41, 5.74) is 0.700. The van der Waals surface area contributed by atoms with Crippen molar-refractivity contribution in [2.75, 3.05) is 36.5 Å². The van der Waals surface area contributed by atoms with E-state index in [0.717, 1.165) is 12.1 Å². The molecule has 3 aromatic rings. The Morgan fingerprint density at radius 2 is 1.84 bits per heavy atom. The SMILES string of the molecule is Cc1cc(C(=O)Nc2cc(C(F)(F)F)ccc2N2CCOCC2)c2cc(F)ccc2n1. The Bertz CT molecular complexity index is 1140. The van der Waals surface area contributed by atoms with E-state index in [1.807, 2.05) is 4.90 Å². The second-order valence-corrected chi connectivity index (χ2v) is 7.26. The molecule has 0 unspecified atom stereocenters. The standard InChI is InChI=1S/C22H19F4N3O2/c1-13-10-17(16-12-15(23)3-4-18(16)27-13)21(30)28-19-11-14(22(24,25)26)2-5-20(19)29-6-8-31-9-7-29/h2-5,10-12H,6-9H2,1H3,(H,28,30). The number of hydrogen-bond acceptors (Lipinski definition) is 4. The van der Waals surface area contributed by atoms with Gasteiger partial charge in [0.05, 0.1) is 41.2 Å². The second-order valence-electron chi connectivity index (χ2n) is 7.26. The van der Waals surface area contributed by atoms with Crippen LogP contribution in [0.15, 0.2) is 42.5 Å². The number of pyridine rings is 1. The van der Waals surface area contributed by atoms with E-state index in [1.165, 1.54) is 30.3 Å². The van der Waals surface area contributed by atoms with E-state index in [0.29, 0.717) is 43.2 Å². The van der Waals surface area contributed by atoms with Gasteiger partial charge in [0.15, 0.2) is 0 Å². The third-order valence-corrected chi connectivity index (χ3v) is 5.07. The first kappa shape index (κ1) is 21.0. The minimum absolute atomic E-state index is 0.0285. The van der Waals surface area contributed by atoms with E-state index >= 15 is 0 Å². The van der Waals surface area contributed by atoms with E-state index in [-0.39, 0.29) is 16.6 Å². The van der Waals surface area contributed by atoms with Crippen LogP contribution in [0.2, 0.25) is 0 Å². The van der Waals surface area contributed by atoms with Crippen LogP contribution in [0.4, 0.5) is 28.9 Å². The van der Waals surface area contributed by atoms with Gasteiger partial charge in [-0.1, -0.05) is 0 Å². The van der Waals surface area contributed by atoms with E-state index in [4.69, 9.17) is 4.74 Å². The molecule has 5 nitrogen and oxygen atoms in total. The maximum absolute atomic E-state index is 13.8. The number of hydrogen-bond donors (Lipinski definition) is 1. The highest BCUT2D eigenvalue weighted by atomic mass is 19.4. The van der Waals surface area contributed by atoms with Crippen molar-refractivity contribution >= 4 is 28.2 Å². The number of aryl methyl sites for hydroxylation is 1. The third-order valence-electron chi connectivity index (χ3n) is 5.07. The van der Waals surface area contributed by atoms with Crippen molar-refractivity contribution in [1.29, 1.82) is 0 Å². The molecule has 0 saturated carbocycles. The van der Waals surface area contributed by atoms with Gasteiger partial charge in [-0.2, -0.15) is 13.2 Å². The Balaban J connectivity index is 1.76. The van der Waals surface area contributed by atoms with Crippen molar-refractivity contribution in [3.8, 4) is 0 Å². The molecule has 1 amide bonds. The average molecular weight is 433 g/mol. The minimum atomic E-state index is -4.56. The molecule has 31 heavy (non-hydrogen) atoms. The predicted octanol–water partition coefficient (Wildman–Crippen LogP) is 4.79. The normalized spacial score (nSPS) is 14.7. The molecule has 1 aromatic heterocycles. The first-order valence-corrected chi connectivity index (χ1v) is 9.64. The molecule has 162 valence electrons. The van der Waals surface area contributed by atoms with E-state index in [2.05, 4.69) is 10.3 Å². The van der Waals surface area contributed by atoms with Gasteiger partial charge in [0, 0.05) is 24.2 Å².